The molecule has 7 heteroatoms. The van der Waals surface area contributed by atoms with E-state index in [-0.39, 0.29) is 5.95 Å². The number of hydrogen-bond acceptors (Lipinski definition) is 7. The number of aryl methyl sites for hydroxylation is 1. The Labute approximate surface area is 145 Å². The van der Waals surface area contributed by atoms with Crippen LogP contribution >= 0.6 is 0 Å². The summed E-state index contributed by atoms with van der Waals surface area (Å²) >= 11 is 0. The van der Waals surface area contributed by atoms with Crippen LogP contribution in [0.2, 0.25) is 0 Å². The van der Waals surface area contributed by atoms with Crippen LogP contribution in [0.3, 0.4) is 0 Å². The number of hydrogen-bond donors (Lipinski definition) is 2. The van der Waals surface area contributed by atoms with Crippen molar-refractivity contribution in [2.45, 2.75) is 41.5 Å². The van der Waals surface area contributed by atoms with Gasteiger partial charge in [-0.2, -0.15) is 4.98 Å². The lowest BCUT2D eigenvalue weighted by atomic mass is 10.2. The fourth-order valence-corrected chi connectivity index (χ4v) is 2.19. The maximum absolute atomic E-state index is 5.81. The van der Waals surface area contributed by atoms with Gasteiger partial charge in [-0.05, 0) is 19.9 Å². The Balaban J connectivity index is 0.00000123. The molecule has 2 aromatic heterocycles. The first-order valence-corrected chi connectivity index (χ1v) is 8.54. The monoisotopic (exact) mass is 336 g/mol. The van der Waals surface area contributed by atoms with Crippen molar-refractivity contribution in [2.24, 2.45) is 5.73 Å². The molecule has 0 saturated heterocycles. The van der Waals surface area contributed by atoms with Crippen LogP contribution < -0.4 is 21.1 Å². The molecule has 0 aliphatic rings. The van der Waals surface area contributed by atoms with Gasteiger partial charge < -0.3 is 21.1 Å². The lowest BCUT2D eigenvalue weighted by molar-refractivity contribution is 0.402. The van der Waals surface area contributed by atoms with Crippen LogP contribution in [0.25, 0.3) is 10.9 Å². The van der Waals surface area contributed by atoms with Crippen molar-refractivity contribution in [1.29, 1.82) is 0 Å². The van der Waals surface area contributed by atoms with Crippen LogP contribution in [-0.4, -0.2) is 41.7 Å². The SMILES string of the molecule is CC.CC.CCN(CCN)c1nc(N)nc2cc(C)nc(OC)c12. The minimum Gasteiger partial charge on any atom is -0.480 e. The van der Waals surface area contributed by atoms with Crippen LogP contribution in [0.15, 0.2) is 6.07 Å². The normalized spacial score (nSPS) is 9.50. The molecule has 0 fully saturated rings. The summed E-state index contributed by atoms with van der Waals surface area (Å²) in [5, 5.41) is 0.766. The minimum atomic E-state index is 0.232. The molecule has 0 bridgehead atoms. The molecule has 0 atom stereocenters. The van der Waals surface area contributed by atoms with Gasteiger partial charge in [0.2, 0.25) is 11.8 Å². The Kier molecular flexibility index (Phi) is 10.4. The van der Waals surface area contributed by atoms with Crippen molar-refractivity contribution in [3.05, 3.63) is 11.8 Å². The minimum absolute atomic E-state index is 0.232. The van der Waals surface area contributed by atoms with Crippen LogP contribution in [0.1, 0.15) is 40.3 Å². The van der Waals surface area contributed by atoms with Gasteiger partial charge in [-0.15, -0.1) is 0 Å². The third kappa shape index (κ3) is 5.19. The van der Waals surface area contributed by atoms with Crippen LogP contribution in [-0.2, 0) is 0 Å². The number of ether oxygens (including phenoxy) is 1. The van der Waals surface area contributed by atoms with Crippen LogP contribution in [0.4, 0.5) is 11.8 Å². The quantitative estimate of drug-likeness (QED) is 0.865. The average molecular weight is 336 g/mol. The molecular weight excluding hydrogens is 304 g/mol. The van der Waals surface area contributed by atoms with Crippen LogP contribution in [0, 0.1) is 6.92 Å². The van der Waals surface area contributed by atoms with E-state index in [2.05, 4.69) is 15.0 Å². The zero-order valence-corrected chi connectivity index (χ0v) is 16.1. The second-order valence-corrected chi connectivity index (χ2v) is 4.44. The summed E-state index contributed by atoms with van der Waals surface area (Å²) in [5.74, 6) is 1.45. The zero-order chi connectivity index (χ0) is 18.7. The van der Waals surface area contributed by atoms with Gasteiger partial charge in [0.1, 0.15) is 11.2 Å². The predicted molar refractivity (Wildman–Crippen MR) is 103 cm³/mol. The summed E-state index contributed by atoms with van der Waals surface area (Å²) in [5.41, 5.74) is 13.0. The van der Waals surface area contributed by atoms with E-state index in [9.17, 15) is 0 Å². The summed E-state index contributed by atoms with van der Waals surface area (Å²) in [4.78, 5) is 15.0. The summed E-state index contributed by atoms with van der Waals surface area (Å²) < 4.78 is 5.37. The largest absolute Gasteiger partial charge is 0.480 e. The fourth-order valence-electron chi connectivity index (χ4n) is 2.19. The number of likely N-dealkylation sites (N-methyl/N-ethyl adjacent to an activating group) is 1. The van der Waals surface area contributed by atoms with E-state index in [1.807, 2.05) is 52.5 Å². The van der Waals surface area contributed by atoms with Gasteiger partial charge in [0.15, 0.2) is 0 Å². The third-order valence-corrected chi connectivity index (χ3v) is 3.05. The molecular formula is C17H32N6O. The summed E-state index contributed by atoms with van der Waals surface area (Å²) in [6.07, 6.45) is 0. The van der Waals surface area contributed by atoms with Crippen molar-refractivity contribution in [2.75, 3.05) is 37.4 Å². The van der Waals surface area contributed by atoms with E-state index < -0.39 is 0 Å². The zero-order valence-electron chi connectivity index (χ0n) is 16.1. The Morgan fingerprint density at radius 1 is 1.12 bits per heavy atom. The molecule has 2 heterocycles. The van der Waals surface area contributed by atoms with E-state index in [4.69, 9.17) is 16.2 Å². The molecule has 0 spiro atoms. The average Bonchev–Trinajstić information content (AvgIpc) is 2.61. The van der Waals surface area contributed by atoms with Crippen molar-refractivity contribution >= 4 is 22.7 Å². The topological polar surface area (TPSA) is 103 Å². The molecule has 0 aliphatic heterocycles. The van der Waals surface area contributed by atoms with E-state index in [1.165, 1.54) is 0 Å². The predicted octanol–water partition coefficient (Wildman–Crippen LogP) is 2.76. The third-order valence-electron chi connectivity index (χ3n) is 3.05. The maximum atomic E-state index is 5.81. The highest BCUT2D eigenvalue weighted by Crippen LogP contribution is 2.31. The first-order chi connectivity index (χ1) is 11.6. The highest BCUT2D eigenvalue weighted by molar-refractivity contribution is 5.94. The molecule has 7 nitrogen and oxygen atoms in total. The number of aromatic nitrogens is 3. The number of methoxy groups -OCH3 is 1. The molecule has 0 unspecified atom stereocenters. The van der Waals surface area contributed by atoms with Gasteiger partial charge in [-0.3, -0.25) is 0 Å². The number of nitrogens with two attached hydrogens (primary N) is 2. The van der Waals surface area contributed by atoms with Crippen LogP contribution in [0.5, 0.6) is 5.88 Å². The first kappa shape index (κ1) is 21.9. The molecule has 24 heavy (non-hydrogen) atoms. The van der Waals surface area contributed by atoms with E-state index in [1.54, 1.807) is 7.11 Å². The van der Waals surface area contributed by atoms with E-state index >= 15 is 0 Å². The molecule has 0 aromatic carbocycles. The molecule has 4 N–H and O–H groups in total. The smallest absolute Gasteiger partial charge is 0.226 e. The number of anilines is 2. The van der Waals surface area contributed by atoms with Crippen molar-refractivity contribution in [3.63, 3.8) is 0 Å². The van der Waals surface area contributed by atoms with Gasteiger partial charge in [-0.1, -0.05) is 27.7 Å². The number of nitrogens with zero attached hydrogens (tertiary/aromatic N) is 4. The number of nitrogen functional groups attached to an aromatic ring is 1. The van der Waals surface area contributed by atoms with Crippen molar-refractivity contribution in [3.8, 4) is 5.88 Å². The van der Waals surface area contributed by atoms with Gasteiger partial charge in [-0.25, -0.2) is 9.97 Å². The number of pyridine rings is 1. The summed E-state index contributed by atoms with van der Waals surface area (Å²) in [6.45, 7) is 13.9. The van der Waals surface area contributed by atoms with Crippen molar-refractivity contribution < 1.29 is 4.74 Å². The number of fused-ring (bicyclic) bond motifs is 1. The molecule has 0 saturated carbocycles. The Hall–Kier alpha value is -2.15. The Morgan fingerprint density at radius 2 is 1.75 bits per heavy atom. The lowest BCUT2D eigenvalue weighted by Crippen LogP contribution is -2.30. The second kappa shape index (κ2) is 11.4. The fraction of sp³-hybridized carbons (Fsp3) is 0.588. The standard InChI is InChI=1S/C13H20N6O.2C2H6/c1-4-19(6-5-14)11-10-9(17-13(15)18-11)7-8(2)16-12(10)20-3;2*1-2/h7H,4-6,14H2,1-3H3,(H2,15,17,18);2*1-2H3. The number of rotatable bonds is 5. The van der Waals surface area contributed by atoms with Gasteiger partial charge in [0.25, 0.3) is 0 Å². The maximum Gasteiger partial charge on any atom is 0.226 e. The Morgan fingerprint density at radius 3 is 2.25 bits per heavy atom. The summed E-state index contributed by atoms with van der Waals surface area (Å²) in [7, 11) is 1.58. The molecule has 2 rings (SSSR count). The first-order valence-electron chi connectivity index (χ1n) is 8.54. The molecule has 0 aliphatic carbocycles. The summed E-state index contributed by atoms with van der Waals surface area (Å²) in [6, 6.07) is 1.87. The van der Waals surface area contributed by atoms with Gasteiger partial charge >= 0.3 is 0 Å². The second-order valence-electron chi connectivity index (χ2n) is 4.44. The highest BCUT2D eigenvalue weighted by atomic mass is 16.5. The molecule has 2 aromatic rings. The van der Waals surface area contributed by atoms with Gasteiger partial charge in [0, 0.05) is 25.3 Å². The molecule has 0 radical (unpaired) electrons. The van der Waals surface area contributed by atoms with Gasteiger partial charge in [0.05, 0.1) is 12.6 Å². The molecule has 136 valence electrons. The highest BCUT2D eigenvalue weighted by Gasteiger charge is 2.17. The molecule has 0 amide bonds. The lowest BCUT2D eigenvalue weighted by Gasteiger charge is -2.23. The van der Waals surface area contributed by atoms with E-state index in [0.29, 0.717) is 24.8 Å². The Bertz CT molecular complexity index is 612. The van der Waals surface area contributed by atoms with E-state index in [0.717, 1.165) is 23.1 Å². The van der Waals surface area contributed by atoms with Crippen molar-refractivity contribution in [1.82, 2.24) is 15.0 Å².